The molecule has 1 aliphatic heterocycles. The van der Waals surface area contributed by atoms with Crippen LogP contribution in [0.25, 0.3) is 0 Å². The highest BCUT2D eigenvalue weighted by molar-refractivity contribution is 7.91. The van der Waals surface area contributed by atoms with E-state index in [-0.39, 0.29) is 17.4 Å². The lowest BCUT2D eigenvalue weighted by Crippen LogP contribution is -2.43. The number of carbonyl (C=O) groups is 1. The second-order valence-electron chi connectivity index (χ2n) is 5.47. The lowest BCUT2D eigenvalue weighted by Gasteiger charge is -2.31. The first-order valence-electron chi connectivity index (χ1n) is 6.64. The average molecular weight is 275 g/mol. The van der Waals surface area contributed by atoms with E-state index in [1.807, 2.05) is 0 Å². The predicted octanol–water partition coefficient (Wildman–Crippen LogP) is 0.654. The number of carboxylic acids is 1. The Bertz CT molecular complexity index is 388. The fraction of sp³-hybridized carbons (Fsp3) is 0.917. The van der Waals surface area contributed by atoms with Crippen LogP contribution in [0.2, 0.25) is 0 Å². The van der Waals surface area contributed by atoms with Crippen molar-refractivity contribution in [3.63, 3.8) is 0 Å². The maximum absolute atomic E-state index is 11.3. The molecule has 0 spiro atoms. The van der Waals surface area contributed by atoms with E-state index in [1.165, 1.54) is 6.42 Å². The summed E-state index contributed by atoms with van der Waals surface area (Å²) in [4.78, 5) is 11.3. The van der Waals surface area contributed by atoms with Crippen molar-refractivity contribution in [2.45, 2.75) is 38.1 Å². The number of carboxylic acid groups (broad SMARTS) is 1. The number of hydrogen-bond acceptors (Lipinski definition) is 4. The van der Waals surface area contributed by atoms with Crippen molar-refractivity contribution in [3.05, 3.63) is 0 Å². The normalized spacial score (nSPS) is 26.4. The molecule has 0 aromatic heterocycles. The van der Waals surface area contributed by atoms with E-state index in [4.69, 9.17) is 0 Å². The molecular formula is C12H21NO4S. The van der Waals surface area contributed by atoms with E-state index in [9.17, 15) is 18.3 Å². The maximum Gasteiger partial charge on any atom is 0.308 e. The summed E-state index contributed by atoms with van der Waals surface area (Å²) >= 11 is 0. The standard InChI is InChI=1S/C12H21NO4S/c14-12(15)11(8-13-10-2-1-3-10)9-4-6-18(16,17)7-5-9/h9-11,13H,1-8H2,(H,14,15). The molecule has 2 aliphatic rings. The smallest absolute Gasteiger partial charge is 0.308 e. The van der Waals surface area contributed by atoms with Gasteiger partial charge in [-0.15, -0.1) is 0 Å². The van der Waals surface area contributed by atoms with Crippen LogP contribution in [-0.4, -0.2) is 43.6 Å². The Kier molecular flexibility index (Phi) is 4.27. The summed E-state index contributed by atoms with van der Waals surface area (Å²) in [5, 5.41) is 12.6. The van der Waals surface area contributed by atoms with Crippen LogP contribution in [0, 0.1) is 11.8 Å². The van der Waals surface area contributed by atoms with Gasteiger partial charge in [0.15, 0.2) is 0 Å². The first kappa shape index (κ1) is 13.8. The summed E-state index contributed by atoms with van der Waals surface area (Å²) in [7, 11) is -2.91. The zero-order valence-corrected chi connectivity index (χ0v) is 11.3. The third-order valence-electron chi connectivity index (χ3n) is 4.22. The van der Waals surface area contributed by atoms with Gasteiger partial charge >= 0.3 is 5.97 Å². The first-order chi connectivity index (χ1) is 8.48. The molecule has 18 heavy (non-hydrogen) atoms. The van der Waals surface area contributed by atoms with Gasteiger partial charge in [0.1, 0.15) is 9.84 Å². The van der Waals surface area contributed by atoms with E-state index in [1.54, 1.807) is 0 Å². The van der Waals surface area contributed by atoms with Crippen LogP contribution in [0.3, 0.4) is 0 Å². The second kappa shape index (κ2) is 5.57. The van der Waals surface area contributed by atoms with Gasteiger partial charge in [0.25, 0.3) is 0 Å². The molecular weight excluding hydrogens is 254 g/mol. The van der Waals surface area contributed by atoms with Crippen LogP contribution in [0.5, 0.6) is 0 Å². The Morgan fingerprint density at radius 1 is 1.22 bits per heavy atom. The quantitative estimate of drug-likeness (QED) is 0.770. The number of aliphatic carboxylic acids is 1. The Labute approximate surface area is 108 Å². The Balaban J connectivity index is 1.87. The minimum absolute atomic E-state index is 0.00129. The molecule has 0 aromatic carbocycles. The number of hydrogen-bond donors (Lipinski definition) is 2. The highest BCUT2D eigenvalue weighted by atomic mass is 32.2. The fourth-order valence-electron chi connectivity index (χ4n) is 2.67. The Hall–Kier alpha value is -0.620. The van der Waals surface area contributed by atoms with Crippen LogP contribution in [0.4, 0.5) is 0 Å². The molecule has 0 bridgehead atoms. The molecule has 0 amide bonds. The van der Waals surface area contributed by atoms with Crippen molar-refractivity contribution in [1.29, 1.82) is 0 Å². The van der Waals surface area contributed by atoms with E-state index in [0.29, 0.717) is 25.4 Å². The molecule has 6 heteroatoms. The highest BCUT2D eigenvalue weighted by Gasteiger charge is 2.34. The third-order valence-corrected chi connectivity index (χ3v) is 5.93. The van der Waals surface area contributed by atoms with Crippen molar-refractivity contribution in [3.8, 4) is 0 Å². The summed E-state index contributed by atoms with van der Waals surface area (Å²) in [6.45, 7) is 0.477. The van der Waals surface area contributed by atoms with Gasteiger partial charge in [-0.05, 0) is 31.6 Å². The van der Waals surface area contributed by atoms with Crippen LogP contribution < -0.4 is 5.32 Å². The molecule has 104 valence electrons. The minimum Gasteiger partial charge on any atom is -0.481 e. The summed E-state index contributed by atoms with van der Waals surface area (Å²) in [5.41, 5.74) is 0. The number of nitrogens with one attached hydrogen (secondary N) is 1. The van der Waals surface area contributed by atoms with Crippen molar-refractivity contribution in [2.75, 3.05) is 18.1 Å². The molecule has 0 radical (unpaired) electrons. The van der Waals surface area contributed by atoms with Gasteiger partial charge in [-0.3, -0.25) is 4.79 Å². The topological polar surface area (TPSA) is 83.5 Å². The number of rotatable bonds is 5. The molecule has 1 saturated carbocycles. The van der Waals surface area contributed by atoms with Gasteiger partial charge in [0, 0.05) is 12.6 Å². The predicted molar refractivity (Wildman–Crippen MR) is 68.1 cm³/mol. The van der Waals surface area contributed by atoms with Gasteiger partial charge in [0.2, 0.25) is 0 Å². The maximum atomic E-state index is 11.3. The van der Waals surface area contributed by atoms with Gasteiger partial charge in [0.05, 0.1) is 17.4 Å². The molecule has 5 nitrogen and oxygen atoms in total. The summed E-state index contributed by atoms with van der Waals surface area (Å²) in [6, 6.07) is 0.471. The van der Waals surface area contributed by atoms with Crippen LogP contribution in [0.1, 0.15) is 32.1 Å². The molecule has 1 aliphatic carbocycles. The van der Waals surface area contributed by atoms with E-state index in [2.05, 4.69) is 5.32 Å². The lowest BCUT2D eigenvalue weighted by atomic mass is 9.86. The average Bonchev–Trinajstić information content (AvgIpc) is 2.22. The molecule has 0 aromatic rings. The zero-order valence-electron chi connectivity index (χ0n) is 10.5. The fourth-order valence-corrected chi connectivity index (χ4v) is 4.20. The van der Waals surface area contributed by atoms with Gasteiger partial charge in [-0.1, -0.05) is 6.42 Å². The molecule has 1 atom stereocenters. The monoisotopic (exact) mass is 275 g/mol. The van der Waals surface area contributed by atoms with Crippen molar-refractivity contribution < 1.29 is 18.3 Å². The van der Waals surface area contributed by atoms with Crippen LogP contribution in [0.15, 0.2) is 0 Å². The zero-order chi connectivity index (χ0) is 13.2. The van der Waals surface area contributed by atoms with Crippen LogP contribution in [-0.2, 0) is 14.6 Å². The molecule has 1 saturated heterocycles. The van der Waals surface area contributed by atoms with E-state index < -0.39 is 21.7 Å². The van der Waals surface area contributed by atoms with Crippen LogP contribution >= 0.6 is 0 Å². The van der Waals surface area contributed by atoms with E-state index in [0.717, 1.165) is 12.8 Å². The molecule has 2 N–H and O–H groups in total. The summed E-state index contributed by atoms with van der Waals surface area (Å²) < 4.78 is 22.7. The number of sulfone groups is 1. The largest absolute Gasteiger partial charge is 0.481 e. The first-order valence-corrected chi connectivity index (χ1v) is 8.47. The lowest BCUT2D eigenvalue weighted by molar-refractivity contribution is -0.143. The summed E-state index contributed by atoms with van der Waals surface area (Å²) in [5.74, 6) is -0.957. The third kappa shape index (κ3) is 3.45. The SMILES string of the molecule is O=C(O)C(CNC1CCC1)C1CCS(=O)(=O)CC1. The van der Waals surface area contributed by atoms with E-state index >= 15 is 0 Å². The van der Waals surface area contributed by atoms with Crippen molar-refractivity contribution >= 4 is 15.8 Å². The van der Waals surface area contributed by atoms with Gasteiger partial charge in [-0.25, -0.2) is 8.42 Å². The molecule has 2 rings (SSSR count). The molecule has 1 unspecified atom stereocenters. The molecule has 2 fully saturated rings. The summed E-state index contributed by atoms with van der Waals surface area (Å²) in [6.07, 6.45) is 4.46. The minimum atomic E-state index is -2.91. The second-order valence-corrected chi connectivity index (χ2v) is 7.77. The highest BCUT2D eigenvalue weighted by Crippen LogP contribution is 2.27. The van der Waals surface area contributed by atoms with Gasteiger partial charge in [-0.2, -0.15) is 0 Å². The van der Waals surface area contributed by atoms with Gasteiger partial charge < -0.3 is 10.4 Å². The van der Waals surface area contributed by atoms with Crippen molar-refractivity contribution in [2.24, 2.45) is 11.8 Å². The Morgan fingerprint density at radius 3 is 2.28 bits per heavy atom. The van der Waals surface area contributed by atoms with Crippen molar-refractivity contribution in [1.82, 2.24) is 5.32 Å². The molecule has 1 heterocycles. The Morgan fingerprint density at radius 2 is 1.83 bits per heavy atom.